The number of rotatable bonds is 24. The number of esters is 2. The summed E-state index contributed by atoms with van der Waals surface area (Å²) >= 11 is 0. The molecule has 0 N–H and O–H groups in total. The normalized spacial score (nSPS) is 11.0. The van der Waals surface area contributed by atoms with Crippen LogP contribution in [0, 0.1) is 5.92 Å². The summed E-state index contributed by atoms with van der Waals surface area (Å²) in [6.45, 7) is 6.81. The van der Waals surface area contributed by atoms with E-state index in [1.807, 2.05) is 0 Å². The van der Waals surface area contributed by atoms with Gasteiger partial charge in [-0.25, -0.2) is 0 Å². The predicted octanol–water partition coefficient (Wildman–Crippen LogP) is 7.73. The van der Waals surface area contributed by atoms with E-state index >= 15 is 0 Å². The average Bonchev–Trinajstić information content (AvgIpc) is 2.80. The molecule has 5 nitrogen and oxygen atoms in total. The van der Waals surface area contributed by atoms with Crippen LogP contribution < -0.4 is 0 Å². The Kier molecular flexibility index (Phi) is 22.8. The van der Waals surface area contributed by atoms with E-state index in [2.05, 4.69) is 20.8 Å². The van der Waals surface area contributed by atoms with Crippen molar-refractivity contribution in [1.29, 1.82) is 0 Å². The molecule has 0 spiro atoms. The van der Waals surface area contributed by atoms with Gasteiger partial charge < -0.3 is 9.47 Å². The molecule has 0 aromatic heterocycles. The second kappa shape index (κ2) is 23.8. The Morgan fingerprint density at radius 3 is 1.27 bits per heavy atom. The number of unbranched alkanes of at least 4 members (excludes halogenated alkanes) is 12. The van der Waals surface area contributed by atoms with Crippen LogP contribution in [0.5, 0.6) is 0 Å². The smallest absolute Gasteiger partial charge is 0.305 e. The average molecular weight is 469 g/mol. The Bertz CT molecular complexity index is 459. The zero-order valence-electron chi connectivity index (χ0n) is 22.0. The van der Waals surface area contributed by atoms with E-state index in [4.69, 9.17) is 9.47 Å². The molecule has 5 heteroatoms. The summed E-state index contributed by atoms with van der Waals surface area (Å²) in [4.78, 5) is 36.6. The molecule has 0 fully saturated rings. The number of carbonyl (C=O) groups excluding carboxylic acids is 3. The van der Waals surface area contributed by atoms with Crippen molar-refractivity contribution in [2.24, 2.45) is 5.92 Å². The van der Waals surface area contributed by atoms with Crippen molar-refractivity contribution >= 4 is 17.7 Å². The van der Waals surface area contributed by atoms with E-state index < -0.39 is 0 Å². The van der Waals surface area contributed by atoms with Crippen LogP contribution >= 0.6 is 0 Å². The molecule has 0 saturated heterocycles. The van der Waals surface area contributed by atoms with Gasteiger partial charge in [0.15, 0.2) is 0 Å². The molecule has 0 aliphatic carbocycles. The van der Waals surface area contributed by atoms with Crippen molar-refractivity contribution in [2.75, 3.05) is 13.2 Å². The van der Waals surface area contributed by atoms with E-state index in [1.54, 1.807) is 0 Å². The fourth-order valence-electron chi connectivity index (χ4n) is 3.83. The van der Waals surface area contributed by atoms with Crippen molar-refractivity contribution < 1.29 is 23.9 Å². The van der Waals surface area contributed by atoms with Gasteiger partial charge in [0.1, 0.15) is 5.78 Å². The standard InChI is InChI=1S/C28H52O5/c1-4-7-10-13-16-19-26(29)22-25(23-32-27(30)20-17-14-11-8-5-2)24-33-28(31)21-18-15-12-9-6-3/h25H,4-24H2,1-3H3. The van der Waals surface area contributed by atoms with Gasteiger partial charge in [-0.3, -0.25) is 14.4 Å². The Balaban J connectivity index is 4.37. The van der Waals surface area contributed by atoms with E-state index in [-0.39, 0.29) is 36.9 Å². The first-order chi connectivity index (χ1) is 16.0. The first-order valence-corrected chi connectivity index (χ1v) is 13.9. The minimum Gasteiger partial charge on any atom is -0.465 e. The predicted molar refractivity (Wildman–Crippen MR) is 135 cm³/mol. The number of hydrogen-bond donors (Lipinski definition) is 0. The van der Waals surface area contributed by atoms with Crippen molar-refractivity contribution in [2.45, 2.75) is 143 Å². The van der Waals surface area contributed by atoms with Crippen LogP contribution in [0.25, 0.3) is 0 Å². The Hall–Kier alpha value is -1.39. The van der Waals surface area contributed by atoms with Gasteiger partial charge in [-0.15, -0.1) is 0 Å². The highest BCUT2D eigenvalue weighted by Gasteiger charge is 2.18. The molecular weight excluding hydrogens is 416 g/mol. The molecule has 194 valence electrons. The number of ketones is 1. The molecule has 0 amide bonds. The zero-order valence-corrected chi connectivity index (χ0v) is 22.0. The van der Waals surface area contributed by atoms with Crippen molar-refractivity contribution in [1.82, 2.24) is 0 Å². The van der Waals surface area contributed by atoms with E-state index in [9.17, 15) is 14.4 Å². The highest BCUT2D eigenvalue weighted by Crippen LogP contribution is 2.14. The maximum atomic E-state index is 12.4. The third kappa shape index (κ3) is 22.2. The molecule has 0 rings (SSSR count). The SMILES string of the molecule is CCCCCCCC(=O)CC(COC(=O)CCCCCCC)COC(=O)CCCCCCC. The van der Waals surface area contributed by atoms with Gasteiger partial charge in [0.25, 0.3) is 0 Å². The second-order valence-corrected chi connectivity index (χ2v) is 9.47. The third-order valence-corrected chi connectivity index (χ3v) is 6.00. The van der Waals surface area contributed by atoms with Crippen LogP contribution in [-0.2, 0) is 23.9 Å². The molecule has 0 atom stereocenters. The molecule has 0 aliphatic heterocycles. The largest absolute Gasteiger partial charge is 0.465 e. The van der Waals surface area contributed by atoms with Crippen LogP contribution in [0.4, 0.5) is 0 Å². The number of ether oxygens (including phenoxy) is 2. The summed E-state index contributed by atoms with van der Waals surface area (Å²) < 4.78 is 10.9. The molecule has 0 heterocycles. The van der Waals surface area contributed by atoms with Crippen LogP contribution in [0.1, 0.15) is 143 Å². The summed E-state index contributed by atoms with van der Waals surface area (Å²) in [5.41, 5.74) is 0. The Morgan fingerprint density at radius 2 is 0.879 bits per heavy atom. The van der Waals surface area contributed by atoms with Gasteiger partial charge in [0, 0.05) is 31.6 Å². The van der Waals surface area contributed by atoms with E-state index in [1.165, 1.54) is 44.9 Å². The highest BCUT2D eigenvalue weighted by molar-refractivity contribution is 5.78. The number of Topliss-reactive ketones (excluding diaryl/α,β-unsaturated/α-hetero) is 1. The monoisotopic (exact) mass is 468 g/mol. The van der Waals surface area contributed by atoms with Gasteiger partial charge in [0.05, 0.1) is 13.2 Å². The molecule has 0 saturated carbocycles. The Labute approximate surface area is 203 Å². The lowest BCUT2D eigenvalue weighted by Crippen LogP contribution is -2.23. The van der Waals surface area contributed by atoms with Crippen molar-refractivity contribution in [3.63, 3.8) is 0 Å². The topological polar surface area (TPSA) is 69.7 Å². The van der Waals surface area contributed by atoms with E-state index in [0.29, 0.717) is 25.7 Å². The zero-order chi connectivity index (χ0) is 24.6. The molecule has 0 radical (unpaired) electrons. The molecule has 0 aromatic carbocycles. The summed E-state index contributed by atoms with van der Waals surface area (Å²) in [6, 6.07) is 0. The molecule has 0 aromatic rings. The number of hydrogen-bond acceptors (Lipinski definition) is 5. The maximum Gasteiger partial charge on any atom is 0.305 e. The second-order valence-electron chi connectivity index (χ2n) is 9.47. The van der Waals surface area contributed by atoms with Crippen molar-refractivity contribution in [3.8, 4) is 0 Å². The van der Waals surface area contributed by atoms with Gasteiger partial charge >= 0.3 is 11.9 Å². The third-order valence-electron chi connectivity index (χ3n) is 6.00. The van der Waals surface area contributed by atoms with Gasteiger partial charge in [-0.05, 0) is 19.3 Å². The van der Waals surface area contributed by atoms with E-state index in [0.717, 1.165) is 51.4 Å². The molecule has 0 aliphatic rings. The van der Waals surface area contributed by atoms with Crippen LogP contribution in [0.15, 0.2) is 0 Å². The van der Waals surface area contributed by atoms with Gasteiger partial charge in [-0.1, -0.05) is 97.8 Å². The first-order valence-electron chi connectivity index (χ1n) is 13.9. The minimum atomic E-state index is -0.249. The molecule has 0 bridgehead atoms. The van der Waals surface area contributed by atoms with Gasteiger partial charge in [0.2, 0.25) is 0 Å². The molecular formula is C28H52O5. The molecule has 33 heavy (non-hydrogen) atoms. The quantitative estimate of drug-likeness (QED) is 0.107. The van der Waals surface area contributed by atoms with Crippen molar-refractivity contribution in [3.05, 3.63) is 0 Å². The lowest BCUT2D eigenvalue weighted by Gasteiger charge is -2.17. The first kappa shape index (κ1) is 31.6. The van der Waals surface area contributed by atoms with Crippen LogP contribution in [0.2, 0.25) is 0 Å². The van der Waals surface area contributed by atoms with Gasteiger partial charge in [-0.2, -0.15) is 0 Å². The summed E-state index contributed by atoms with van der Waals surface area (Å²) in [6.07, 6.45) is 18.0. The lowest BCUT2D eigenvalue weighted by atomic mass is 10.00. The summed E-state index contributed by atoms with van der Waals surface area (Å²) in [7, 11) is 0. The highest BCUT2D eigenvalue weighted by atomic mass is 16.5. The fraction of sp³-hybridized carbons (Fsp3) is 0.893. The summed E-state index contributed by atoms with van der Waals surface area (Å²) in [5, 5.41) is 0. The maximum absolute atomic E-state index is 12.4. The lowest BCUT2D eigenvalue weighted by molar-refractivity contribution is -0.150. The van der Waals surface area contributed by atoms with Crippen LogP contribution in [0.3, 0.4) is 0 Å². The summed E-state index contributed by atoms with van der Waals surface area (Å²) in [5.74, 6) is -0.513. The fourth-order valence-corrected chi connectivity index (χ4v) is 3.83. The minimum absolute atomic E-state index is 0.152. The van der Waals surface area contributed by atoms with Crippen LogP contribution in [-0.4, -0.2) is 30.9 Å². The molecule has 0 unspecified atom stereocenters. The number of carbonyl (C=O) groups is 3. The Morgan fingerprint density at radius 1 is 0.515 bits per heavy atom.